The van der Waals surface area contributed by atoms with Gasteiger partial charge in [-0.15, -0.1) is 0 Å². The first kappa shape index (κ1) is 15.5. The first-order valence-corrected chi connectivity index (χ1v) is 7.22. The molecule has 2 aromatic carbocycles. The van der Waals surface area contributed by atoms with Crippen LogP contribution in [0.15, 0.2) is 48.5 Å². The van der Waals surface area contributed by atoms with E-state index in [0.717, 1.165) is 16.9 Å². The van der Waals surface area contributed by atoms with Crippen molar-refractivity contribution in [3.05, 3.63) is 65.2 Å². The van der Waals surface area contributed by atoms with Crippen molar-refractivity contribution >= 4 is 0 Å². The molecule has 3 nitrogen and oxygen atoms in total. The van der Waals surface area contributed by atoms with Crippen LogP contribution in [0, 0.1) is 6.92 Å². The topological polar surface area (TPSA) is 41.5 Å². The lowest BCUT2D eigenvalue weighted by Crippen LogP contribution is -2.24. The van der Waals surface area contributed by atoms with Crippen molar-refractivity contribution < 1.29 is 9.84 Å². The van der Waals surface area contributed by atoms with E-state index in [0.29, 0.717) is 6.54 Å². The van der Waals surface area contributed by atoms with Crippen LogP contribution in [0.3, 0.4) is 0 Å². The molecule has 2 atom stereocenters. The van der Waals surface area contributed by atoms with Crippen molar-refractivity contribution in [2.45, 2.75) is 26.0 Å². The molecule has 0 unspecified atom stereocenters. The van der Waals surface area contributed by atoms with Crippen LogP contribution in [0.4, 0.5) is 0 Å². The average Bonchev–Trinajstić information content (AvgIpc) is 2.53. The molecule has 0 aliphatic heterocycles. The fourth-order valence-electron chi connectivity index (χ4n) is 2.22. The van der Waals surface area contributed by atoms with E-state index in [1.54, 1.807) is 7.11 Å². The van der Waals surface area contributed by atoms with Crippen LogP contribution in [0.1, 0.15) is 35.8 Å². The fraction of sp³-hybridized carbons (Fsp3) is 0.333. The minimum absolute atomic E-state index is 0.153. The Balaban J connectivity index is 1.93. The van der Waals surface area contributed by atoms with Crippen LogP contribution in [0.2, 0.25) is 0 Å². The molecule has 0 bridgehead atoms. The monoisotopic (exact) mass is 285 g/mol. The second-order valence-electron chi connectivity index (χ2n) is 5.33. The molecule has 0 amide bonds. The quantitative estimate of drug-likeness (QED) is 0.855. The number of methoxy groups -OCH3 is 1. The zero-order valence-electron chi connectivity index (χ0n) is 12.8. The van der Waals surface area contributed by atoms with E-state index in [1.165, 1.54) is 5.56 Å². The number of benzene rings is 2. The summed E-state index contributed by atoms with van der Waals surface area (Å²) >= 11 is 0. The third-order valence-corrected chi connectivity index (χ3v) is 3.67. The summed E-state index contributed by atoms with van der Waals surface area (Å²) in [5.41, 5.74) is 3.28. The molecule has 0 aromatic heterocycles. The zero-order chi connectivity index (χ0) is 15.2. The van der Waals surface area contributed by atoms with Crippen molar-refractivity contribution in [1.82, 2.24) is 5.32 Å². The maximum atomic E-state index is 10.2. The summed E-state index contributed by atoms with van der Waals surface area (Å²) < 4.78 is 5.23. The van der Waals surface area contributed by atoms with Gasteiger partial charge in [-0.1, -0.05) is 42.0 Å². The lowest BCUT2D eigenvalue weighted by molar-refractivity contribution is 0.171. The summed E-state index contributed by atoms with van der Waals surface area (Å²) in [6.07, 6.45) is -0.501. The third-order valence-electron chi connectivity index (χ3n) is 3.67. The minimum Gasteiger partial charge on any atom is -0.497 e. The fourth-order valence-corrected chi connectivity index (χ4v) is 2.22. The van der Waals surface area contributed by atoms with Crippen LogP contribution in [0.25, 0.3) is 0 Å². The molecule has 112 valence electrons. The number of ether oxygens (including phenoxy) is 1. The number of rotatable bonds is 6. The lowest BCUT2D eigenvalue weighted by atomic mass is 10.1. The van der Waals surface area contributed by atoms with E-state index in [1.807, 2.05) is 49.4 Å². The molecule has 0 spiro atoms. The summed E-state index contributed by atoms with van der Waals surface area (Å²) in [6.45, 7) is 4.64. The standard InChI is InChI=1S/C18H23NO2/c1-13-7-9-15(10-8-13)18(20)12-19-14(2)16-5-4-6-17(11-16)21-3/h4-11,14,18-20H,12H2,1-3H3/t14-,18-/m0/s1. The maximum Gasteiger partial charge on any atom is 0.119 e. The number of hydrogen-bond acceptors (Lipinski definition) is 3. The first-order chi connectivity index (χ1) is 10.1. The van der Waals surface area contributed by atoms with Crippen LogP contribution >= 0.6 is 0 Å². The highest BCUT2D eigenvalue weighted by Crippen LogP contribution is 2.20. The number of aliphatic hydroxyl groups excluding tert-OH is 1. The predicted molar refractivity (Wildman–Crippen MR) is 85.6 cm³/mol. The van der Waals surface area contributed by atoms with Crippen molar-refractivity contribution in [2.24, 2.45) is 0 Å². The Morgan fingerprint density at radius 2 is 1.81 bits per heavy atom. The molecule has 2 aromatic rings. The first-order valence-electron chi connectivity index (χ1n) is 7.22. The number of aryl methyl sites for hydroxylation is 1. The van der Waals surface area contributed by atoms with Crippen LogP contribution in [0.5, 0.6) is 5.75 Å². The van der Waals surface area contributed by atoms with Crippen LogP contribution in [-0.4, -0.2) is 18.8 Å². The summed E-state index contributed by atoms with van der Waals surface area (Å²) in [5.74, 6) is 0.847. The Morgan fingerprint density at radius 3 is 2.48 bits per heavy atom. The molecule has 2 N–H and O–H groups in total. The van der Waals surface area contributed by atoms with E-state index in [2.05, 4.69) is 18.3 Å². The van der Waals surface area contributed by atoms with Gasteiger partial charge in [0.05, 0.1) is 13.2 Å². The van der Waals surface area contributed by atoms with E-state index in [9.17, 15) is 5.11 Å². The zero-order valence-corrected chi connectivity index (χ0v) is 12.8. The number of nitrogens with one attached hydrogen (secondary N) is 1. The van der Waals surface area contributed by atoms with Gasteiger partial charge in [0.15, 0.2) is 0 Å². The molecule has 0 aliphatic rings. The van der Waals surface area contributed by atoms with Crippen molar-refractivity contribution in [1.29, 1.82) is 0 Å². The van der Waals surface area contributed by atoms with Gasteiger partial charge in [-0.2, -0.15) is 0 Å². The van der Waals surface area contributed by atoms with E-state index >= 15 is 0 Å². The Morgan fingerprint density at radius 1 is 1.10 bits per heavy atom. The number of hydrogen-bond donors (Lipinski definition) is 2. The molecule has 2 rings (SSSR count). The Kier molecular flexibility index (Phi) is 5.37. The summed E-state index contributed by atoms with van der Waals surface area (Å²) in [7, 11) is 1.67. The van der Waals surface area contributed by atoms with Gasteiger partial charge >= 0.3 is 0 Å². The largest absolute Gasteiger partial charge is 0.497 e. The predicted octanol–water partition coefficient (Wildman–Crippen LogP) is 3.39. The second kappa shape index (κ2) is 7.25. The van der Waals surface area contributed by atoms with Crippen LogP contribution < -0.4 is 10.1 Å². The average molecular weight is 285 g/mol. The SMILES string of the molecule is COc1cccc([C@H](C)NC[C@H](O)c2ccc(C)cc2)c1. The molecule has 0 fully saturated rings. The Labute approximate surface area is 126 Å². The highest BCUT2D eigenvalue weighted by Gasteiger charge is 2.11. The molecule has 0 radical (unpaired) electrons. The van der Waals surface area contributed by atoms with Gasteiger partial charge in [0.2, 0.25) is 0 Å². The lowest BCUT2D eigenvalue weighted by Gasteiger charge is -2.18. The van der Waals surface area contributed by atoms with E-state index < -0.39 is 6.10 Å². The molecule has 0 saturated heterocycles. The third kappa shape index (κ3) is 4.31. The Bertz CT molecular complexity index is 566. The second-order valence-corrected chi connectivity index (χ2v) is 5.33. The minimum atomic E-state index is -0.501. The van der Waals surface area contributed by atoms with Gasteiger partial charge in [-0.3, -0.25) is 0 Å². The van der Waals surface area contributed by atoms with Crippen molar-refractivity contribution in [3.8, 4) is 5.75 Å². The highest BCUT2D eigenvalue weighted by molar-refractivity contribution is 5.30. The highest BCUT2D eigenvalue weighted by atomic mass is 16.5. The molecule has 21 heavy (non-hydrogen) atoms. The molecule has 0 heterocycles. The molecular formula is C18H23NO2. The molecule has 0 aliphatic carbocycles. The number of aliphatic hydroxyl groups is 1. The van der Waals surface area contributed by atoms with Crippen molar-refractivity contribution in [3.63, 3.8) is 0 Å². The van der Waals surface area contributed by atoms with E-state index in [-0.39, 0.29) is 6.04 Å². The normalized spacial score (nSPS) is 13.7. The van der Waals surface area contributed by atoms with Gasteiger partial charge in [0.1, 0.15) is 5.75 Å². The maximum absolute atomic E-state index is 10.2. The summed E-state index contributed by atoms with van der Waals surface area (Å²) in [5, 5.41) is 13.6. The van der Waals surface area contributed by atoms with Crippen molar-refractivity contribution in [2.75, 3.05) is 13.7 Å². The Hall–Kier alpha value is -1.84. The summed E-state index contributed by atoms with van der Waals surface area (Å²) in [4.78, 5) is 0. The van der Waals surface area contributed by atoms with Gasteiger partial charge in [0, 0.05) is 12.6 Å². The smallest absolute Gasteiger partial charge is 0.119 e. The van der Waals surface area contributed by atoms with Gasteiger partial charge in [-0.25, -0.2) is 0 Å². The molecule has 0 saturated carbocycles. The van der Waals surface area contributed by atoms with E-state index in [4.69, 9.17) is 4.74 Å². The van der Waals surface area contributed by atoms with Crippen LogP contribution in [-0.2, 0) is 0 Å². The molecular weight excluding hydrogens is 262 g/mol. The van der Waals surface area contributed by atoms with Gasteiger partial charge < -0.3 is 15.2 Å². The summed E-state index contributed by atoms with van der Waals surface area (Å²) in [6, 6.07) is 16.1. The van der Waals surface area contributed by atoms with Gasteiger partial charge in [-0.05, 0) is 37.1 Å². The molecule has 3 heteroatoms. The van der Waals surface area contributed by atoms with Gasteiger partial charge in [0.25, 0.3) is 0 Å².